The Morgan fingerprint density at radius 2 is 2.16 bits per heavy atom. The van der Waals surface area contributed by atoms with Gasteiger partial charge in [-0.1, -0.05) is 0 Å². The number of amides is 2. The molecule has 0 spiro atoms. The molecule has 2 aromatic rings. The number of rotatable bonds is 1. The van der Waals surface area contributed by atoms with E-state index in [1.165, 1.54) is 4.68 Å². The van der Waals surface area contributed by atoms with Crippen LogP contribution in [0.2, 0.25) is 0 Å². The quantitative estimate of drug-likeness (QED) is 0.852. The molecule has 25 heavy (non-hydrogen) atoms. The summed E-state index contributed by atoms with van der Waals surface area (Å²) in [6, 6.07) is 3.89. The van der Waals surface area contributed by atoms with Gasteiger partial charge in [-0.15, -0.1) is 0 Å². The first-order chi connectivity index (χ1) is 12.2. The molecular formula is C17H16N6O2. The van der Waals surface area contributed by atoms with E-state index in [-0.39, 0.29) is 24.3 Å². The average molecular weight is 336 g/mol. The van der Waals surface area contributed by atoms with Crippen molar-refractivity contribution in [2.24, 2.45) is 5.92 Å². The maximum atomic E-state index is 12.6. The van der Waals surface area contributed by atoms with Crippen molar-refractivity contribution in [2.75, 3.05) is 18.4 Å². The summed E-state index contributed by atoms with van der Waals surface area (Å²) < 4.78 is 1.32. The first kappa shape index (κ1) is 15.3. The third-order valence-electron chi connectivity index (χ3n) is 4.69. The summed E-state index contributed by atoms with van der Waals surface area (Å²) in [5.74, 6) is 0.514. The Hall–Kier alpha value is -3.21. The summed E-state index contributed by atoms with van der Waals surface area (Å²) in [5.41, 5.74) is 2.45. The van der Waals surface area contributed by atoms with Gasteiger partial charge in [-0.2, -0.15) is 15.0 Å². The van der Waals surface area contributed by atoms with Gasteiger partial charge in [-0.05, 0) is 24.5 Å². The predicted molar refractivity (Wildman–Crippen MR) is 88.5 cm³/mol. The van der Waals surface area contributed by atoms with Crippen molar-refractivity contribution < 1.29 is 9.59 Å². The lowest BCUT2D eigenvalue weighted by Crippen LogP contribution is -2.40. The van der Waals surface area contributed by atoms with E-state index in [0.29, 0.717) is 31.7 Å². The smallest absolute Gasteiger partial charge is 0.323 e. The lowest BCUT2D eigenvalue weighted by Gasteiger charge is -2.28. The number of carbonyl (C=O) groups excluding carboxylic acids is 2. The number of anilines is 1. The molecule has 8 nitrogen and oxygen atoms in total. The van der Waals surface area contributed by atoms with Gasteiger partial charge in [0.1, 0.15) is 5.82 Å². The fourth-order valence-corrected chi connectivity index (χ4v) is 3.30. The number of hydrogen-bond acceptors (Lipinski definition) is 5. The zero-order valence-corrected chi connectivity index (χ0v) is 13.5. The number of aromatic nitrogens is 3. The molecule has 2 aromatic heterocycles. The van der Waals surface area contributed by atoms with E-state index < -0.39 is 0 Å². The monoisotopic (exact) mass is 336 g/mol. The number of hydrogen-bond donors (Lipinski definition) is 1. The lowest BCUT2D eigenvalue weighted by molar-refractivity contribution is -0.115. The summed E-state index contributed by atoms with van der Waals surface area (Å²) in [7, 11) is 0. The molecule has 0 aromatic carbocycles. The third-order valence-corrected chi connectivity index (χ3v) is 4.69. The van der Waals surface area contributed by atoms with Crippen LogP contribution in [0.25, 0.3) is 11.1 Å². The summed E-state index contributed by atoms with van der Waals surface area (Å²) in [6.45, 7) is 1.13. The number of nitrogens with one attached hydrogen (secondary N) is 1. The summed E-state index contributed by atoms with van der Waals surface area (Å²) >= 11 is 0. The Balaban J connectivity index is 1.56. The number of piperidine rings is 1. The highest BCUT2D eigenvalue weighted by molar-refractivity contribution is 6.00. The van der Waals surface area contributed by atoms with Gasteiger partial charge >= 0.3 is 6.03 Å². The molecule has 4 rings (SSSR count). The van der Waals surface area contributed by atoms with Gasteiger partial charge in [-0.25, -0.2) is 9.78 Å². The Morgan fingerprint density at radius 1 is 1.36 bits per heavy atom. The van der Waals surface area contributed by atoms with Gasteiger partial charge in [-0.3, -0.25) is 4.79 Å². The molecule has 1 fully saturated rings. The minimum Gasteiger partial charge on any atom is -0.323 e. The van der Waals surface area contributed by atoms with Gasteiger partial charge in [0, 0.05) is 42.5 Å². The van der Waals surface area contributed by atoms with Crippen LogP contribution < -0.4 is 5.32 Å². The Labute approximate surface area is 144 Å². The second kappa shape index (κ2) is 6.02. The summed E-state index contributed by atoms with van der Waals surface area (Å²) in [6.07, 6.45) is 6.60. The van der Waals surface area contributed by atoms with E-state index in [9.17, 15) is 9.59 Å². The maximum absolute atomic E-state index is 12.6. The molecule has 2 aliphatic rings. The Bertz CT molecular complexity index is 889. The number of carbonyl (C=O) groups is 2. The zero-order valence-electron chi connectivity index (χ0n) is 13.5. The second-order valence-electron chi connectivity index (χ2n) is 6.26. The Morgan fingerprint density at radius 3 is 2.92 bits per heavy atom. The Kier molecular flexibility index (Phi) is 3.69. The largest absolute Gasteiger partial charge is 0.344 e. The van der Waals surface area contributed by atoms with Crippen LogP contribution in [0.15, 0.2) is 24.7 Å². The fourth-order valence-electron chi connectivity index (χ4n) is 3.30. The number of nitrogens with zero attached hydrogens (tertiary/aromatic N) is 5. The second-order valence-corrected chi connectivity index (χ2v) is 6.26. The number of pyridine rings is 1. The van der Waals surface area contributed by atoms with Gasteiger partial charge in [0.25, 0.3) is 0 Å². The molecule has 0 bridgehead atoms. The highest BCUT2D eigenvalue weighted by Gasteiger charge is 2.26. The van der Waals surface area contributed by atoms with Crippen molar-refractivity contribution in [3.63, 3.8) is 0 Å². The lowest BCUT2D eigenvalue weighted by atomic mass is 9.99. The van der Waals surface area contributed by atoms with E-state index in [2.05, 4.69) is 21.5 Å². The van der Waals surface area contributed by atoms with Crippen LogP contribution in [0.3, 0.4) is 0 Å². The van der Waals surface area contributed by atoms with E-state index in [1.807, 2.05) is 6.07 Å². The number of fused-ring (bicyclic) bond motifs is 1. The van der Waals surface area contributed by atoms with E-state index >= 15 is 0 Å². The fraction of sp³-hybridized carbons (Fsp3) is 0.353. The molecule has 1 saturated heterocycles. The van der Waals surface area contributed by atoms with Crippen LogP contribution in [-0.4, -0.2) is 44.7 Å². The molecule has 0 radical (unpaired) electrons. The first-order valence-electron chi connectivity index (χ1n) is 8.17. The van der Waals surface area contributed by atoms with Crippen molar-refractivity contribution in [3.05, 3.63) is 30.2 Å². The highest BCUT2D eigenvalue weighted by atomic mass is 16.2. The molecule has 0 saturated carbocycles. The number of likely N-dealkylation sites (tertiary alicyclic amines) is 1. The molecule has 1 N–H and O–H groups in total. The molecule has 0 atom stereocenters. The molecule has 0 unspecified atom stereocenters. The first-order valence-corrected chi connectivity index (χ1v) is 8.17. The zero-order chi connectivity index (χ0) is 17.4. The maximum Gasteiger partial charge on any atom is 0.344 e. The normalized spacial score (nSPS) is 17.1. The minimum atomic E-state index is -0.192. The van der Waals surface area contributed by atoms with Crippen LogP contribution in [0.5, 0.6) is 0 Å². The predicted octanol–water partition coefficient (Wildman–Crippen LogP) is 1.64. The highest BCUT2D eigenvalue weighted by Crippen LogP contribution is 2.31. The van der Waals surface area contributed by atoms with Crippen LogP contribution in [0.4, 0.5) is 10.6 Å². The van der Waals surface area contributed by atoms with Crippen molar-refractivity contribution in [1.29, 1.82) is 5.26 Å². The van der Waals surface area contributed by atoms with Crippen molar-refractivity contribution in [2.45, 2.75) is 19.3 Å². The van der Waals surface area contributed by atoms with Gasteiger partial charge in [0.2, 0.25) is 5.91 Å². The van der Waals surface area contributed by atoms with Crippen molar-refractivity contribution in [1.82, 2.24) is 19.7 Å². The summed E-state index contributed by atoms with van der Waals surface area (Å²) in [4.78, 5) is 30.1. The van der Waals surface area contributed by atoms with E-state index in [0.717, 1.165) is 16.7 Å². The van der Waals surface area contributed by atoms with Gasteiger partial charge in [0.05, 0.1) is 18.7 Å². The van der Waals surface area contributed by atoms with Crippen LogP contribution in [-0.2, 0) is 11.2 Å². The van der Waals surface area contributed by atoms with Crippen LogP contribution in [0, 0.1) is 17.2 Å². The molecule has 126 valence electrons. The summed E-state index contributed by atoms with van der Waals surface area (Å²) in [5, 5.41) is 15.9. The molecule has 4 heterocycles. The molecular weight excluding hydrogens is 320 g/mol. The van der Waals surface area contributed by atoms with Crippen LogP contribution >= 0.6 is 0 Å². The average Bonchev–Trinajstić information content (AvgIpc) is 3.26. The van der Waals surface area contributed by atoms with Crippen molar-refractivity contribution >= 4 is 17.8 Å². The number of nitriles is 1. The molecule has 8 heteroatoms. The van der Waals surface area contributed by atoms with Gasteiger partial charge < -0.3 is 10.2 Å². The van der Waals surface area contributed by atoms with E-state index in [4.69, 9.17) is 5.26 Å². The SMILES string of the molecule is N#CC1CCN(C(=O)n2cc(-c3ccnc4c3CC(=O)N4)cn2)CC1. The third kappa shape index (κ3) is 2.74. The topological polar surface area (TPSA) is 104 Å². The van der Waals surface area contributed by atoms with E-state index in [1.54, 1.807) is 23.5 Å². The molecule has 0 aliphatic carbocycles. The molecule has 2 amide bonds. The van der Waals surface area contributed by atoms with Gasteiger partial charge in [0.15, 0.2) is 0 Å². The van der Waals surface area contributed by atoms with Crippen molar-refractivity contribution in [3.8, 4) is 17.2 Å². The minimum absolute atomic E-state index is 0.0293. The standard InChI is InChI=1S/C17H16N6O2/c18-8-11-2-5-22(6-3-11)17(25)23-10-12(9-20-23)13-1-4-19-16-14(13)7-15(24)21-16/h1,4,9-11H,2-3,5-7H2,(H,19,21,24). The van der Waals surface area contributed by atoms with Crippen LogP contribution in [0.1, 0.15) is 18.4 Å². The molecule has 2 aliphatic heterocycles.